The van der Waals surface area contributed by atoms with Gasteiger partial charge in [-0.2, -0.15) is 0 Å². The van der Waals surface area contributed by atoms with E-state index in [9.17, 15) is 9.59 Å². The molecule has 0 radical (unpaired) electrons. The molecule has 1 aliphatic rings. The highest BCUT2D eigenvalue weighted by molar-refractivity contribution is 8.01. The van der Waals surface area contributed by atoms with Crippen LogP contribution in [0.15, 0.2) is 60.7 Å². The Balaban J connectivity index is 1.94. The van der Waals surface area contributed by atoms with E-state index in [0.29, 0.717) is 12.8 Å². The van der Waals surface area contributed by atoms with Crippen LogP contribution in [0.4, 0.5) is 0 Å². The van der Waals surface area contributed by atoms with Crippen LogP contribution in [0.25, 0.3) is 0 Å². The van der Waals surface area contributed by atoms with Crippen molar-refractivity contribution in [3.05, 3.63) is 71.8 Å². The molecular formula is C21H24N2O2S2. The smallest absolute Gasteiger partial charge is 0.260 e. The molecule has 1 heterocycles. The highest BCUT2D eigenvalue weighted by Crippen LogP contribution is 2.40. The third-order valence-corrected chi connectivity index (χ3v) is 7.53. The van der Waals surface area contributed by atoms with E-state index in [1.165, 1.54) is 23.5 Å². The maximum atomic E-state index is 13.5. The number of hydrogen-bond acceptors (Lipinski definition) is 4. The minimum absolute atomic E-state index is 0.0660. The van der Waals surface area contributed by atoms with E-state index in [4.69, 9.17) is 0 Å². The third-order valence-electron chi connectivity index (χ3n) is 5.13. The number of rotatable bonds is 6. The van der Waals surface area contributed by atoms with Crippen molar-refractivity contribution in [2.45, 2.75) is 22.6 Å². The Morgan fingerprint density at radius 3 is 1.85 bits per heavy atom. The molecule has 4 nitrogen and oxygen atoms in total. The van der Waals surface area contributed by atoms with Gasteiger partial charge in [-0.1, -0.05) is 60.7 Å². The second-order valence-corrected chi connectivity index (χ2v) is 8.85. The van der Waals surface area contributed by atoms with Gasteiger partial charge in [0.15, 0.2) is 9.74 Å². The summed E-state index contributed by atoms with van der Waals surface area (Å²) in [7, 11) is 1.75. The quantitative estimate of drug-likeness (QED) is 0.809. The van der Waals surface area contributed by atoms with Crippen LogP contribution in [-0.4, -0.2) is 46.0 Å². The Morgan fingerprint density at radius 2 is 1.37 bits per heavy atom. The predicted molar refractivity (Wildman–Crippen MR) is 114 cm³/mol. The van der Waals surface area contributed by atoms with Crippen molar-refractivity contribution >= 4 is 35.3 Å². The summed E-state index contributed by atoms with van der Waals surface area (Å²) in [6.07, 6.45) is 4.69. The normalized spacial score (nSPS) is 25.4. The van der Waals surface area contributed by atoms with Gasteiger partial charge in [0, 0.05) is 19.9 Å². The lowest BCUT2D eigenvalue weighted by Crippen LogP contribution is -2.73. The van der Waals surface area contributed by atoms with E-state index in [1.807, 2.05) is 73.2 Å². The Hall–Kier alpha value is -1.92. The minimum atomic E-state index is -0.983. The molecule has 0 bridgehead atoms. The van der Waals surface area contributed by atoms with Crippen LogP contribution in [0.5, 0.6) is 0 Å². The van der Waals surface area contributed by atoms with E-state index < -0.39 is 9.74 Å². The molecule has 1 saturated heterocycles. The first kappa shape index (κ1) is 19.8. The van der Waals surface area contributed by atoms with Gasteiger partial charge in [-0.05, 0) is 23.6 Å². The number of benzene rings is 2. The van der Waals surface area contributed by atoms with Gasteiger partial charge in [0.05, 0.1) is 0 Å². The summed E-state index contributed by atoms with van der Waals surface area (Å²) in [6.45, 7) is 0. The van der Waals surface area contributed by atoms with Gasteiger partial charge < -0.3 is 10.2 Å². The van der Waals surface area contributed by atoms with E-state index in [0.717, 1.165) is 11.1 Å². The van der Waals surface area contributed by atoms with Crippen LogP contribution in [0.1, 0.15) is 11.1 Å². The Morgan fingerprint density at radius 1 is 0.852 bits per heavy atom. The second kappa shape index (κ2) is 7.98. The number of carbonyl (C=O) groups is 2. The van der Waals surface area contributed by atoms with E-state index in [-0.39, 0.29) is 11.8 Å². The molecule has 0 unspecified atom stereocenters. The Bertz CT molecular complexity index is 815. The van der Waals surface area contributed by atoms with Crippen molar-refractivity contribution in [2.24, 2.45) is 0 Å². The lowest BCUT2D eigenvalue weighted by molar-refractivity contribution is -0.151. The van der Waals surface area contributed by atoms with Gasteiger partial charge in [0.2, 0.25) is 0 Å². The molecule has 1 aliphatic heterocycles. The van der Waals surface area contributed by atoms with Gasteiger partial charge in [-0.3, -0.25) is 9.59 Å². The van der Waals surface area contributed by atoms with E-state index >= 15 is 0 Å². The lowest BCUT2D eigenvalue weighted by Gasteiger charge is -2.50. The van der Waals surface area contributed by atoms with Crippen molar-refractivity contribution < 1.29 is 9.59 Å². The standard InChI is InChI=1S/C21H24N2O2S2/c1-23-19(25)20(26-2,14-16-10-6-4-7-11-16)22-18(24)21(23,27-3)15-17-12-8-5-9-13-17/h4-13H,14-15H2,1-3H3,(H,22,24)/t20-,21-/m0/s1. The monoisotopic (exact) mass is 400 g/mol. The number of thioether (sulfide) groups is 2. The number of amides is 2. The molecule has 142 valence electrons. The van der Waals surface area contributed by atoms with Crippen molar-refractivity contribution in [1.82, 2.24) is 10.2 Å². The number of hydrogen-bond donors (Lipinski definition) is 1. The summed E-state index contributed by atoms with van der Waals surface area (Å²) in [5, 5.41) is 3.08. The van der Waals surface area contributed by atoms with Crippen LogP contribution in [0, 0.1) is 0 Å². The van der Waals surface area contributed by atoms with Gasteiger partial charge in [0.1, 0.15) is 0 Å². The molecule has 2 aromatic rings. The molecule has 0 aliphatic carbocycles. The SMILES string of the molecule is CS[C@]1(Cc2ccccc2)NC(=O)[C@](Cc2ccccc2)(SC)N(C)C1=O. The van der Waals surface area contributed by atoms with Crippen molar-refractivity contribution in [3.63, 3.8) is 0 Å². The van der Waals surface area contributed by atoms with Gasteiger partial charge in [0.25, 0.3) is 11.8 Å². The molecular weight excluding hydrogens is 376 g/mol. The molecule has 3 rings (SSSR count). The van der Waals surface area contributed by atoms with Gasteiger partial charge >= 0.3 is 0 Å². The summed E-state index contributed by atoms with van der Waals surface area (Å²) in [6, 6.07) is 19.6. The third kappa shape index (κ3) is 3.60. The van der Waals surface area contributed by atoms with E-state index in [1.54, 1.807) is 11.9 Å². The van der Waals surface area contributed by atoms with Gasteiger partial charge in [-0.25, -0.2) is 0 Å². The van der Waals surface area contributed by atoms with Crippen molar-refractivity contribution in [3.8, 4) is 0 Å². The summed E-state index contributed by atoms with van der Waals surface area (Å²) in [4.78, 5) is 26.5. The average Bonchev–Trinajstić information content (AvgIpc) is 2.71. The molecule has 0 spiro atoms. The number of carbonyl (C=O) groups excluding carboxylic acids is 2. The average molecular weight is 401 g/mol. The predicted octanol–water partition coefficient (Wildman–Crippen LogP) is 3.18. The zero-order chi connectivity index (χ0) is 19.5. The molecule has 0 aromatic heterocycles. The number of nitrogens with one attached hydrogen (secondary N) is 1. The fourth-order valence-electron chi connectivity index (χ4n) is 3.51. The Labute approximate surface area is 169 Å². The van der Waals surface area contributed by atoms with Crippen LogP contribution >= 0.6 is 23.5 Å². The number of piperazine rings is 1. The molecule has 2 amide bonds. The topological polar surface area (TPSA) is 49.4 Å². The molecule has 2 atom stereocenters. The highest BCUT2D eigenvalue weighted by atomic mass is 32.2. The molecule has 1 fully saturated rings. The van der Waals surface area contributed by atoms with Crippen LogP contribution in [0.3, 0.4) is 0 Å². The maximum Gasteiger partial charge on any atom is 0.260 e. The van der Waals surface area contributed by atoms with Crippen LogP contribution < -0.4 is 5.32 Å². The van der Waals surface area contributed by atoms with E-state index in [2.05, 4.69) is 5.32 Å². The second-order valence-electron chi connectivity index (χ2n) is 6.66. The first-order valence-corrected chi connectivity index (χ1v) is 11.2. The zero-order valence-corrected chi connectivity index (χ0v) is 17.4. The summed E-state index contributed by atoms with van der Waals surface area (Å²) in [5.74, 6) is -0.185. The zero-order valence-electron chi connectivity index (χ0n) is 15.8. The molecule has 6 heteroatoms. The van der Waals surface area contributed by atoms with Crippen LogP contribution in [0.2, 0.25) is 0 Å². The molecule has 1 N–H and O–H groups in total. The largest absolute Gasteiger partial charge is 0.330 e. The molecule has 2 aromatic carbocycles. The molecule has 27 heavy (non-hydrogen) atoms. The van der Waals surface area contributed by atoms with Crippen molar-refractivity contribution in [2.75, 3.05) is 19.6 Å². The Kier molecular flexibility index (Phi) is 5.86. The maximum absolute atomic E-state index is 13.5. The lowest BCUT2D eigenvalue weighted by atomic mass is 9.96. The fourth-order valence-corrected chi connectivity index (χ4v) is 5.23. The first-order chi connectivity index (χ1) is 13.0. The summed E-state index contributed by atoms with van der Waals surface area (Å²) >= 11 is 2.80. The first-order valence-electron chi connectivity index (χ1n) is 8.76. The molecule has 0 saturated carbocycles. The number of likely N-dealkylation sites (N-methyl/N-ethyl adjacent to an activating group) is 1. The fraction of sp³-hybridized carbons (Fsp3) is 0.333. The van der Waals surface area contributed by atoms with Gasteiger partial charge in [-0.15, -0.1) is 23.5 Å². The van der Waals surface area contributed by atoms with Crippen molar-refractivity contribution in [1.29, 1.82) is 0 Å². The number of nitrogens with zero attached hydrogens (tertiary/aromatic N) is 1. The highest BCUT2D eigenvalue weighted by Gasteiger charge is 2.57. The summed E-state index contributed by atoms with van der Waals surface area (Å²) in [5.41, 5.74) is 2.05. The van der Waals surface area contributed by atoms with Crippen LogP contribution in [-0.2, 0) is 22.4 Å². The minimum Gasteiger partial charge on any atom is -0.330 e. The summed E-state index contributed by atoms with van der Waals surface area (Å²) < 4.78 is 0.